The van der Waals surface area contributed by atoms with Crippen LogP contribution in [0.15, 0.2) is 18.2 Å². The van der Waals surface area contributed by atoms with Gasteiger partial charge < -0.3 is 5.11 Å². The van der Waals surface area contributed by atoms with E-state index >= 15 is 0 Å². The molecule has 0 aliphatic rings. The molecule has 0 saturated carbocycles. The third-order valence-corrected chi connectivity index (χ3v) is 2.54. The number of aromatic nitrogens is 3. The fourth-order valence-corrected chi connectivity index (χ4v) is 1.99. The van der Waals surface area contributed by atoms with Crippen LogP contribution in [0.1, 0.15) is 22.8 Å². The van der Waals surface area contributed by atoms with Gasteiger partial charge in [-0.15, -0.1) is 0 Å². The summed E-state index contributed by atoms with van der Waals surface area (Å²) in [5.41, 5.74) is 3.07. The molecule has 0 aliphatic heterocycles. The predicted octanol–water partition coefficient (Wildman–Crippen LogP) is 1.82. The molecule has 18 heavy (non-hydrogen) atoms. The van der Waals surface area contributed by atoms with E-state index in [1.165, 1.54) is 0 Å². The van der Waals surface area contributed by atoms with Crippen molar-refractivity contribution in [2.24, 2.45) is 0 Å². The van der Waals surface area contributed by atoms with E-state index in [-0.39, 0.29) is 6.42 Å². The molecule has 5 nitrogen and oxygen atoms in total. The van der Waals surface area contributed by atoms with Gasteiger partial charge in [-0.05, 0) is 44.0 Å². The Morgan fingerprint density at radius 3 is 2.39 bits per heavy atom. The monoisotopic (exact) mass is 245 g/mol. The van der Waals surface area contributed by atoms with Gasteiger partial charge in [0.25, 0.3) is 0 Å². The highest BCUT2D eigenvalue weighted by Crippen LogP contribution is 2.15. The summed E-state index contributed by atoms with van der Waals surface area (Å²) in [5.74, 6) is 0.114. The van der Waals surface area contributed by atoms with E-state index in [9.17, 15) is 4.79 Å². The van der Waals surface area contributed by atoms with Crippen molar-refractivity contribution >= 4 is 5.97 Å². The summed E-state index contributed by atoms with van der Waals surface area (Å²) in [6.07, 6.45) is -0.131. The van der Waals surface area contributed by atoms with E-state index in [0.717, 1.165) is 16.8 Å². The molecule has 0 atom stereocenters. The van der Waals surface area contributed by atoms with Crippen LogP contribution in [0.4, 0.5) is 0 Å². The lowest BCUT2D eigenvalue weighted by Crippen LogP contribution is -2.09. The number of rotatable bonds is 3. The van der Waals surface area contributed by atoms with Crippen LogP contribution in [-0.2, 0) is 11.2 Å². The van der Waals surface area contributed by atoms with Gasteiger partial charge in [0.15, 0.2) is 0 Å². The minimum atomic E-state index is -0.909. The number of benzene rings is 1. The molecule has 94 valence electrons. The first-order chi connectivity index (χ1) is 8.45. The van der Waals surface area contributed by atoms with Gasteiger partial charge in [-0.25, -0.2) is 9.67 Å². The maximum Gasteiger partial charge on any atom is 0.311 e. The Balaban J connectivity index is 2.52. The molecule has 0 amide bonds. The third kappa shape index (κ3) is 2.56. The molecule has 0 unspecified atom stereocenters. The van der Waals surface area contributed by atoms with Crippen LogP contribution in [0.5, 0.6) is 0 Å². The number of carboxylic acids is 1. The van der Waals surface area contributed by atoms with E-state index in [1.807, 2.05) is 26.0 Å². The molecule has 0 saturated heterocycles. The van der Waals surface area contributed by atoms with Crippen LogP contribution in [-0.4, -0.2) is 25.8 Å². The second-order valence-corrected chi connectivity index (χ2v) is 4.40. The summed E-state index contributed by atoms with van der Waals surface area (Å²) in [5, 5.41) is 13.1. The summed E-state index contributed by atoms with van der Waals surface area (Å²) in [4.78, 5) is 15.0. The Labute approximate surface area is 105 Å². The molecule has 5 heteroatoms. The van der Waals surface area contributed by atoms with Gasteiger partial charge >= 0.3 is 5.97 Å². The lowest BCUT2D eigenvalue weighted by atomic mass is 10.1. The fraction of sp³-hybridized carbons (Fsp3) is 0.308. The Kier molecular flexibility index (Phi) is 3.14. The molecule has 0 fully saturated rings. The zero-order valence-electron chi connectivity index (χ0n) is 10.6. The van der Waals surface area contributed by atoms with Gasteiger partial charge in [0.1, 0.15) is 18.1 Å². The molecule has 0 spiro atoms. The molecular formula is C13H15N3O2. The smallest absolute Gasteiger partial charge is 0.311 e. The molecule has 0 bridgehead atoms. The van der Waals surface area contributed by atoms with Crippen molar-refractivity contribution < 1.29 is 9.90 Å². The number of hydrogen-bond donors (Lipinski definition) is 1. The fourth-order valence-electron chi connectivity index (χ4n) is 1.99. The van der Waals surface area contributed by atoms with Crippen molar-refractivity contribution in [3.63, 3.8) is 0 Å². The molecule has 0 radical (unpaired) electrons. The van der Waals surface area contributed by atoms with Crippen LogP contribution in [0.25, 0.3) is 5.69 Å². The molecule has 1 aromatic heterocycles. The molecule has 2 rings (SSSR count). The van der Waals surface area contributed by atoms with Gasteiger partial charge in [0, 0.05) is 0 Å². The van der Waals surface area contributed by atoms with E-state index in [0.29, 0.717) is 11.6 Å². The van der Waals surface area contributed by atoms with Gasteiger partial charge in [-0.3, -0.25) is 4.79 Å². The maximum atomic E-state index is 10.8. The number of aryl methyl sites for hydroxylation is 3. The van der Waals surface area contributed by atoms with Crippen molar-refractivity contribution in [3.8, 4) is 5.69 Å². The lowest BCUT2D eigenvalue weighted by Gasteiger charge is -2.07. The molecule has 1 N–H and O–H groups in total. The second-order valence-electron chi connectivity index (χ2n) is 4.40. The van der Waals surface area contributed by atoms with E-state index < -0.39 is 5.97 Å². The minimum absolute atomic E-state index is 0.131. The number of carboxylic acid groups (broad SMARTS) is 1. The highest BCUT2D eigenvalue weighted by atomic mass is 16.4. The predicted molar refractivity (Wildman–Crippen MR) is 66.9 cm³/mol. The van der Waals surface area contributed by atoms with Gasteiger partial charge in [-0.1, -0.05) is 6.07 Å². The standard InChI is InChI=1S/C13H15N3O2/c1-8-4-9(2)6-11(5-8)16-12(7-13(17)18)14-10(3)15-16/h4-6H,7H2,1-3H3,(H,17,18). The summed E-state index contributed by atoms with van der Waals surface area (Å²) in [7, 11) is 0. The topological polar surface area (TPSA) is 68.0 Å². The molecular weight excluding hydrogens is 230 g/mol. The van der Waals surface area contributed by atoms with Gasteiger partial charge in [0.2, 0.25) is 0 Å². The van der Waals surface area contributed by atoms with Crippen molar-refractivity contribution in [2.75, 3.05) is 0 Å². The van der Waals surface area contributed by atoms with Crippen LogP contribution >= 0.6 is 0 Å². The number of hydrogen-bond acceptors (Lipinski definition) is 3. The zero-order valence-corrected chi connectivity index (χ0v) is 10.6. The first-order valence-electron chi connectivity index (χ1n) is 5.68. The van der Waals surface area contributed by atoms with Crippen molar-refractivity contribution in [1.29, 1.82) is 0 Å². The molecule has 1 heterocycles. The number of aliphatic carboxylic acids is 1. The Morgan fingerprint density at radius 2 is 1.83 bits per heavy atom. The second kappa shape index (κ2) is 4.60. The molecule has 0 aliphatic carbocycles. The summed E-state index contributed by atoms with van der Waals surface area (Å²) in [6, 6.07) is 5.99. The third-order valence-electron chi connectivity index (χ3n) is 2.54. The zero-order chi connectivity index (χ0) is 13.3. The SMILES string of the molecule is Cc1cc(C)cc(-n2nc(C)nc2CC(=O)O)c1. The maximum absolute atomic E-state index is 10.8. The number of carbonyl (C=O) groups is 1. The lowest BCUT2D eigenvalue weighted by molar-refractivity contribution is -0.136. The Bertz CT molecular complexity index is 582. The largest absolute Gasteiger partial charge is 0.481 e. The minimum Gasteiger partial charge on any atom is -0.481 e. The first kappa shape index (κ1) is 12.3. The Hall–Kier alpha value is -2.17. The van der Waals surface area contributed by atoms with Crippen LogP contribution in [0.2, 0.25) is 0 Å². The quantitative estimate of drug-likeness (QED) is 0.895. The highest BCUT2D eigenvalue weighted by Gasteiger charge is 2.13. The average Bonchev–Trinajstić information content (AvgIpc) is 2.56. The number of nitrogens with zero attached hydrogens (tertiary/aromatic N) is 3. The summed E-state index contributed by atoms with van der Waals surface area (Å²) < 4.78 is 1.60. The first-order valence-corrected chi connectivity index (χ1v) is 5.68. The molecule has 1 aromatic carbocycles. The van der Waals surface area contributed by atoms with E-state index in [1.54, 1.807) is 11.6 Å². The average molecular weight is 245 g/mol. The van der Waals surface area contributed by atoms with Crippen molar-refractivity contribution in [3.05, 3.63) is 41.0 Å². The Morgan fingerprint density at radius 1 is 1.22 bits per heavy atom. The highest BCUT2D eigenvalue weighted by molar-refractivity contribution is 5.69. The van der Waals surface area contributed by atoms with Crippen molar-refractivity contribution in [1.82, 2.24) is 14.8 Å². The van der Waals surface area contributed by atoms with Gasteiger partial charge in [-0.2, -0.15) is 5.10 Å². The van der Waals surface area contributed by atoms with Crippen LogP contribution in [0, 0.1) is 20.8 Å². The molecule has 2 aromatic rings. The van der Waals surface area contributed by atoms with E-state index in [2.05, 4.69) is 16.1 Å². The van der Waals surface area contributed by atoms with Crippen LogP contribution in [0.3, 0.4) is 0 Å². The van der Waals surface area contributed by atoms with Crippen molar-refractivity contribution in [2.45, 2.75) is 27.2 Å². The van der Waals surface area contributed by atoms with E-state index in [4.69, 9.17) is 5.11 Å². The summed E-state index contributed by atoms with van der Waals surface area (Å²) in [6.45, 7) is 5.75. The summed E-state index contributed by atoms with van der Waals surface area (Å²) >= 11 is 0. The van der Waals surface area contributed by atoms with Gasteiger partial charge in [0.05, 0.1) is 5.69 Å². The van der Waals surface area contributed by atoms with Crippen LogP contribution < -0.4 is 0 Å². The normalized spacial score (nSPS) is 10.6.